The lowest BCUT2D eigenvalue weighted by Gasteiger charge is -2.11. The molecule has 2 N–H and O–H groups in total. The number of aliphatic imine (C=N–C) groups is 1. The molecule has 0 aliphatic carbocycles. The van der Waals surface area contributed by atoms with E-state index in [-0.39, 0.29) is 24.0 Å². The molecule has 0 aliphatic heterocycles. The standard InChI is InChI=1S/C19H26N4O.HI/c1-4-20-19(22-10-8-17-7-5-6-9-21-17)23-14-16-11-15(2)12-18(13-16)24-3;/h5-7,9,11-13H,4,8,10,14H2,1-3H3,(H2,20,22,23);1H. The zero-order valence-electron chi connectivity index (χ0n) is 15.1. The zero-order valence-corrected chi connectivity index (χ0v) is 17.4. The maximum absolute atomic E-state index is 5.32. The third-order valence-corrected chi connectivity index (χ3v) is 3.51. The van der Waals surface area contributed by atoms with Crippen LogP contribution in [-0.2, 0) is 13.0 Å². The van der Waals surface area contributed by atoms with E-state index >= 15 is 0 Å². The van der Waals surface area contributed by atoms with Gasteiger partial charge in [-0.25, -0.2) is 4.99 Å². The summed E-state index contributed by atoms with van der Waals surface area (Å²) in [6, 6.07) is 12.1. The van der Waals surface area contributed by atoms with Crippen LogP contribution in [0.25, 0.3) is 0 Å². The first-order valence-corrected chi connectivity index (χ1v) is 8.28. The average Bonchev–Trinajstić information content (AvgIpc) is 2.60. The maximum Gasteiger partial charge on any atom is 0.191 e. The van der Waals surface area contributed by atoms with Crippen molar-refractivity contribution in [1.29, 1.82) is 0 Å². The molecule has 0 saturated heterocycles. The highest BCUT2D eigenvalue weighted by Gasteiger charge is 2.01. The number of nitrogens with one attached hydrogen (secondary N) is 2. The van der Waals surface area contributed by atoms with Gasteiger partial charge in [0.1, 0.15) is 5.75 Å². The smallest absolute Gasteiger partial charge is 0.191 e. The Labute approximate surface area is 167 Å². The first kappa shape index (κ1) is 21.2. The average molecular weight is 454 g/mol. The molecule has 0 bridgehead atoms. The highest BCUT2D eigenvalue weighted by atomic mass is 127. The molecule has 1 heterocycles. The van der Waals surface area contributed by atoms with Gasteiger partial charge in [-0.15, -0.1) is 24.0 Å². The summed E-state index contributed by atoms with van der Waals surface area (Å²) in [5, 5.41) is 6.62. The van der Waals surface area contributed by atoms with E-state index in [1.165, 1.54) is 5.56 Å². The number of hydrogen-bond donors (Lipinski definition) is 2. The predicted molar refractivity (Wildman–Crippen MR) is 114 cm³/mol. The van der Waals surface area contributed by atoms with Gasteiger partial charge in [0, 0.05) is 31.4 Å². The summed E-state index contributed by atoms with van der Waals surface area (Å²) in [6.45, 7) is 6.35. The minimum atomic E-state index is 0. The summed E-state index contributed by atoms with van der Waals surface area (Å²) in [7, 11) is 1.69. The van der Waals surface area contributed by atoms with E-state index in [2.05, 4.69) is 40.5 Å². The molecule has 5 nitrogen and oxygen atoms in total. The highest BCUT2D eigenvalue weighted by Crippen LogP contribution is 2.16. The third-order valence-electron chi connectivity index (χ3n) is 3.51. The second-order valence-corrected chi connectivity index (χ2v) is 5.55. The predicted octanol–water partition coefficient (Wildman–Crippen LogP) is 3.31. The number of benzene rings is 1. The van der Waals surface area contributed by atoms with Crippen molar-refractivity contribution in [3.63, 3.8) is 0 Å². The molecular weight excluding hydrogens is 427 g/mol. The van der Waals surface area contributed by atoms with Crippen LogP contribution in [0.5, 0.6) is 5.75 Å². The number of ether oxygens (including phenoxy) is 1. The Kier molecular flexibility index (Phi) is 9.91. The summed E-state index contributed by atoms with van der Waals surface area (Å²) < 4.78 is 5.32. The number of methoxy groups -OCH3 is 1. The molecule has 6 heteroatoms. The number of hydrogen-bond acceptors (Lipinski definition) is 3. The minimum Gasteiger partial charge on any atom is -0.497 e. The summed E-state index contributed by atoms with van der Waals surface area (Å²) >= 11 is 0. The van der Waals surface area contributed by atoms with Crippen LogP contribution in [0, 0.1) is 6.92 Å². The zero-order chi connectivity index (χ0) is 17.2. The van der Waals surface area contributed by atoms with Crippen LogP contribution in [-0.4, -0.2) is 31.1 Å². The van der Waals surface area contributed by atoms with Crippen molar-refractivity contribution in [2.45, 2.75) is 26.8 Å². The van der Waals surface area contributed by atoms with Gasteiger partial charge in [-0.05, 0) is 49.2 Å². The van der Waals surface area contributed by atoms with E-state index in [0.717, 1.165) is 42.5 Å². The normalized spacial score (nSPS) is 10.8. The Bertz CT molecular complexity index is 662. The monoisotopic (exact) mass is 454 g/mol. The minimum absolute atomic E-state index is 0. The Morgan fingerprint density at radius 1 is 1.20 bits per heavy atom. The van der Waals surface area contributed by atoms with E-state index in [1.807, 2.05) is 36.5 Å². The maximum atomic E-state index is 5.32. The lowest BCUT2D eigenvalue weighted by molar-refractivity contribution is 0.414. The van der Waals surface area contributed by atoms with Crippen molar-refractivity contribution >= 4 is 29.9 Å². The Morgan fingerprint density at radius 2 is 2.04 bits per heavy atom. The molecule has 0 radical (unpaired) electrons. The lowest BCUT2D eigenvalue weighted by atomic mass is 10.1. The fourth-order valence-electron chi connectivity index (χ4n) is 2.40. The molecule has 2 aromatic rings. The molecular formula is C19H27IN4O. The summed E-state index contributed by atoms with van der Waals surface area (Å²) in [5.74, 6) is 1.68. The van der Waals surface area contributed by atoms with Crippen molar-refractivity contribution in [3.8, 4) is 5.75 Å². The van der Waals surface area contributed by atoms with Crippen LogP contribution < -0.4 is 15.4 Å². The SMILES string of the molecule is CCNC(=NCc1cc(C)cc(OC)c1)NCCc1ccccn1.I. The van der Waals surface area contributed by atoms with Crippen LogP contribution in [0.3, 0.4) is 0 Å². The van der Waals surface area contributed by atoms with Gasteiger partial charge in [0.15, 0.2) is 5.96 Å². The van der Waals surface area contributed by atoms with Gasteiger partial charge in [0.25, 0.3) is 0 Å². The number of aromatic nitrogens is 1. The second kappa shape index (κ2) is 11.7. The van der Waals surface area contributed by atoms with E-state index in [1.54, 1.807) is 7.11 Å². The van der Waals surface area contributed by atoms with E-state index < -0.39 is 0 Å². The molecule has 0 unspecified atom stereocenters. The van der Waals surface area contributed by atoms with Gasteiger partial charge in [-0.1, -0.05) is 12.1 Å². The van der Waals surface area contributed by atoms with Crippen LogP contribution >= 0.6 is 24.0 Å². The molecule has 0 saturated carbocycles. The van der Waals surface area contributed by atoms with E-state index in [4.69, 9.17) is 4.74 Å². The van der Waals surface area contributed by atoms with E-state index in [0.29, 0.717) is 6.54 Å². The fourth-order valence-corrected chi connectivity index (χ4v) is 2.40. The van der Waals surface area contributed by atoms with Crippen LogP contribution in [0.15, 0.2) is 47.6 Å². The Morgan fingerprint density at radius 3 is 2.72 bits per heavy atom. The van der Waals surface area contributed by atoms with Gasteiger partial charge < -0.3 is 15.4 Å². The number of aryl methyl sites for hydroxylation is 1. The number of halogens is 1. The molecule has 0 fully saturated rings. The summed E-state index contributed by atoms with van der Waals surface area (Å²) in [6.07, 6.45) is 2.68. The first-order valence-electron chi connectivity index (χ1n) is 8.28. The molecule has 0 atom stereocenters. The molecule has 1 aromatic carbocycles. The van der Waals surface area contributed by atoms with Crippen molar-refractivity contribution in [2.24, 2.45) is 4.99 Å². The fraction of sp³-hybridized carbons (Fsp3) is 0.368. The molecule has 25 heavy (non-hydrogen) atoms. The first-order chi connectivity index (χ1) is 11.7. The molecule has 0 amide bonds. The Hall–Kier alpha value is -1.83. The van der Waals surface area contributed by atoms with Crippen LogP contribution in [0.1, 0.15) is 23.7 Å². The molecule has 0 spiro atoms. The number of rotatable bonds is 7. The van der Waals surface area contributed by atoms with Gasteiger partial charge in [0.05, 0.1) is 13.7 Å². The number of nitrogens with zero attached hydrogens (tertiary/aromatic N) is 2. The lowest BCUT2D eigenvalue weighted by Crippen LogP contribution is -2.38. The van der Waals surface area contributed by atoms with Crippen molar-refractivity contribution in [3.05, 3.63) is 59.4 Å². The molecule has 0 aliphatic rings. The van der Waals surface area contributed by atoms with Gasteiger partial charge in [-0.2, -0.15) is 0 Å². The molecule has 1 aromatic heterocycles. The third kappa shape index (κ3) is 7.72. The summed E-state index contributed by atoms with van der Waals surface area (Å²) in [5.41, 5.74) is 3.38. The number of guanidine groups is 1. The number of pyridine rings is 1. The molecule has 136 valence electrons. The Balaban J connectivity index is 0.00000312. The van der Waals surface area contributed by atoms with Gasteiger partial charge >= 0.3 is 0 Å². The quantitative estimate of drug-likeness (QED) is 0.383. The molecule has 2 rings (SSSR count). The van der Waals surface area contributed by atoms with Crippen molar-refractivity contribution in [1.82, 2.24) is 15.6 Å². The van der Waals surface area contributed by atoms with Gasteiger partial charge in [-0.3, -0.25) is 4.98 Å². The van der Waals surface area contributed by atoms with E-state index in [9.17, 15) is 0 Å². The van der Waals surface area contributed by atoms with Crippen molar-refractivity contribution < 1.29 is 4.74 Å². The highest BCUT2D eigenvalue weighted by molar-refractivity contribution is 14.0. The van der Waals surface area contributed by atoms with Crippen LogP contribution in [0.2, 0.25) is 0 Å². The van der Waals surface area contributed by atoms with Crippen LogP contribution in [0.4, 0.5) is 0 Å². The topological polar surface area (TPSA) is 58.5 Å². The van der Waals surface area contributed by atoms with Gasteiger partial charge in [0.2, 0.25) is 0 Å². The summed E-state index contributed by atoms with van der Waals surface area (Å²) in [4.78, 5) is 8.98. The second-order valence-electron chi connectivity index (χ2n) is 5.55. The largest absolute Gasteiger partial charge is 0.497 e. The van der Waals surface area contributed by atoms with Crippen molar-refractivity contribution in [2.75, 3.05) is 20.2 Å².